The molecular weight excluding hydrogens is 231 g/mol. The number of piperidine rings is 1. The maximum Gasteiger partial charge on any atom is 0.123 e. The van der Waals surface area contributed by atoms with Gasteiger partial charge in [0.25, 0.3) is 0 Å². The van der Waals surface area contributed by atoms with Gasteiger partial charge in [0.15, 0.2) is 0 Å². The molecule has 2 aliphatic heterocycles. The summed E-state index contributed by atoms with van der Waals surface area (Å²) in [7, 11) is 0. The Morgan fingerprint density at radius 2 is 2.06 bits per heavy atom. The smallest absolute Gasteiger partial charge is 0.123 e. The minimum atomic E-state index is -0.177. The van der Waals surface area contributed by atoms with E-state index in [-0.39, 0.29) is 5.82 Å². The molecule has 0 aliphatic carbocycles. The van der Waals surface area contributed by atoms with Crippen molar-refractivity contribution in [1.29, 1.82) is 0 Å². The van der Waals surface area contributed by atoms with Crippen molar-refractivity contribution in [1.82, 2.24) is 4.90 Å². The molecule has 0 saturated carbocycles. The molecule has 2 fully saturated rings. The number of oxime groups is 1. The van der Waals surface area contributed by atoms with Gasteiger partial charge in [0, 0.05) is 32.0 Å². The fourth-order valence-corrected chi connectivity index (χ4v) is 3.18. The lowest BCUT2D eigenvalue weighted by molar-refractivity contribution is 0.239. The van der Waals surface area contributed by atoms with E-state index in [1.807, 2.05) is 12.1 Å². The Labute approximate surface area is 106 Å². The van der Waals surface area contributed by atoms with Gasteiger partial charge in [-0.2, -0.15) is 0 Å². The molecule has 1 aromatic rings. The molecule has 96 valence electrons. The molecular formula is C14H17FN2O. The fourth-order valence-electron chi connectivity index (χ4n) is 3.18. The van der Waals surface area contributed by atoms with Crippen LogP contribution in [0.25, 0.3) is 0 Å². The third-order valence-corrected chi connectivity index (χ3v) is 4.17. The van der Waals surface area contributed by atoms with Crippen LogP contribution in [-0.4, -0.2) is 35.0 Å². The first-order valence-electron chi connectivity index (χ1n) is 6.45. The quantitative estimate of drug-likeness (QED) is 0.612. The molecule has 2 unspecified atom stereocenters. The summed E-state index contributed by atoms with van der Waals surface area (Å²) >= 11 is 0. The van der Waals surface area contributed by atoms with Crippen molar-refractivity contribution in [2.45, 2.75) is 31.2 Å². The summed E-state index contributed by atoms with van der Waals surface area (Å²) in [6.07, 6.45) is 2.81. The van der Waals surface area contributed by atoms with Gasteiger partial charge >= 0.3 is 0 Å². The summed E-state index contributed by atoms with van der Waals surface area (Å²) in [5.74, 6) is 0.304. The first-order chi connectivity index (χ1) is 8.76. The Kier molecular flexibility index (Phi) is 3.04. The van der Waals surface area contributed by atoms with Crippen LogP contribution in [0.5, 0.6) is 0 Å². The normalized spacial score (nSPS) is 30.6. The van der Waals surface area contributed by atoms with Gasteiger partial charge in [-0.3, -0.25) is 4.90 Å². The van der Waals surface area contributed by atoms with Crippen LogP contribution in [0.4, 0.5) is 4.39 Å². The van der Waals surface area contributed by atoms with E-state index in [0.717, 1.165) is 38.1 Å². The van der Waals surface area contributed by atoms with Crippen molar-refractivity contribution < 1.29 is 9.60 Å². The first kappa shape index (κ1) is 11.7. The Bertz CT molecular complexity index is 457. The van der Waals surface area contributed by atoms with E-state index >= 15 is 0 Å². The van der Waals surface area contributed by atoms with E-state index in [1.165, 1.54) is 17.7 Å². The molecule has 1 aromatic carbocycles. The molecule has 2 aliphatic rings. The second-order valence-corrected chi connectivity index (χ2v) is 5.25. The third kappa shape index (κ3) is 2.12. The predicted molar refractivity (Wildman–Crippen MR) is 67.6 cm³/mol. The number of halogens is 1. The standard InChI is InChI=1S/C14H17FN2O/c15-12-3-1-10(2-4-12)11-7-14-8-13(16-18)5-6-17(14)9-11/h1-4,11,14,18H,5-9H2. The van der Waals surface area contributed by atoms with E-state index in [9.17, 15) is 4.39 Å². The second-order valence-electron chi connectivity index (χ2n) is 5.25. The molecule has 3 rings (SSSR count). The highest BCUT2D eigenvalue weighted by molar-refractivity contribution is 5.85. The van der Waals surface area contributed by atoms with E-state index < -0.39 is 0 Å². The van der Waals surface area contributed by atoms with Crippen molar-refractivity contribution in [3.05, 3.63) is 35.6 Å². The van der Waals surface area contributed by atoms with Gasteiger partial charge in [0.2, 0.25) is 0 Å². The van der Waals surface area contributed by atoms with Crippen LogP contribution in [0.1, 0.15) is 30.7 Å². The van der Waals surface area contributed by atoms with Gasteiger partial charge < -0.3 is 5.21 Å². The lowest BCUT2D eigenvalue weighted by Crippen LogP contribution is -2.38. The molecule has 2 saturated heterocycles. The lowest BCUT2D eigenvalue weighted by atomic mass is 9.94. The zero-order valence-electron chi connectivity index (χ0n) is 10.2. The van der Waals surface area contributed by atoms with Crippen LogP contribution in [0.15, 0.2) is 29.4 Å². The van der Waals surface area contributed by atoms with Crippen molar-refractivity contribution in [2.24, 2.45) is 5.16 Å². The molecule has 18 heavy (non-hydrogen) atoms. The minimum absolute atomic E-state index is 0.177. The molecule has 0 amide bonds. The first-order valence-corrected chi connectivity index (χ1v) is 6.45. The van der Waals surface area contributed by atoms with Crippen LogP contribution in [0.3, 0.4) is 0 Å². The maximum absolute atomic E-state index is 12.9. The minimum Gasteiger partial charge on any atom is -0.411 e. The Balaban J connectivity index is 1.73. The highest BCUT2D eigenvalue weighted by Gasteiger charge is 2.36. The number of nitrogens with zero attached hydrogens (tertiary/aromatic N) is 2. The monoisotopic (exact) mass is 248 g/mol. The summed E-state index contributed by atoms with van der Waals surface area (Å²) in [6.45, 7) is 2.01. The average molecular weight is 248 g/mol. The summed E-state index contributed by atoms with van der Waals surface area (Å²) in [6, 6.07) is 7.33. The summed E-state index contributed by atoms with van der Waals surface area (Å²) in [4.78, 5) is 2.46. The number of hydrogen-bond acceptors (Lipinski definition) is 3. The Hall–Kier alpha value is -1.42. The van der Waals surface area contributed by atoms with Crippen LogP contribution < -0.4 is 0 Å². The van der Waals surface area contributed by atoms with Crippen molar-refractivity contribution >= 4 is 5.71 Å². The highest BCUT2D eigenvalue weighted by atomic mass is 19.1. The highest BCUT2D eigenvalue weighted by Crippen LogP contribution is 2.35. The number of rotatable bonds is 1. The van der Waals surface area contributed by atoms with Crippen LogP contribution in [0.2, 0.25) is 0 Å². The van der Waals surface area contributed by atoms with Crippen LogP contribution >= 0.6 is 0 Å². The van der Waals surface area contributed by atoms with Crippen LogP contribution in [-0.2, 0) is 0 Å². The molecule has 0 spiro atoms. The molecule has 0 aromatic heterocycles. The zero-order chi connectivity index (χ0) is 12.5. The van der Waals surface area contributed by atoms with Crippen molar-refractivity contribution in [2.75, 3.05) is 13.1 Å². The number of fused-ring (bicyclic) bond motifs is 1. The van der Waals surface area contributed by atoms with Gasteiger partial charge in [-0.25, -0.2) is 4.39 Å². The Morgan fingerprint density at radius 1 is 1.28 bits per heavy atom. The Morgan fingerprint density at radius 3 is 2.78 bits per heavy atom. The largest absolute Gasteiger partial charge is 0.411 e. The summed E-state index contributed by atoms with van der Waals surface area (Å²) in [5.41, 5.74) is 2.13. The van der Waals surface area contributed by atoms with E-state index in [2.05, 4.69) is 10.1 Å². The van der Waals surface area contributed by atoms with E-state index in [0.29, 0.717) is 12.0 Å². The maximum atomic E-state index is 12.9. The zero-order valence-corrected chi connectivity index (χ0v) is 10.2. The van der Waals surface area contributed by atoms with Gasteiger partial charge in [-0.15, -0.1) is 0 Å². The van der Waals surface area contributed by atoms with E-state index in [1.54, 1.807) is 0 Å². The molecule has 2 heterocycles. The summed E-state index contributed by atoms with van der Waals surface area (Å²) < 4.78 is 12.9. The summed E-state index contributed by atoms with van der Waals surface area (Å²) in [5, 5.41) is 12.2. The lowest BCUT2D eigenvalue weighted by Gasteiger charge is -2.29. The van der Waals surface area contributed by atoms with Gasteiger partial charge in [0.1, 0.15) is 5.82 Å². The van der Waals surface area contributed by atoms with Crippen molar-refractivity contribution in [3.63, 3.8) is 0 Å². The molecule has 1 N–H and O–H groups in total. The second kappa shape index (κ2) is 4.69. The molecule has 3 nitrogen and oxygen atoms in total. The number of hydrogen-bond donors (Lipinski definition) is 1. The predicted octanol–water partition coefficient (Wildman–Crippen LogP) is 2.61. The average Bonchev–Trinajstić information content (AvgIpc) is 2.82. The van der Waals surface area contributed by atoms with Gasteiger partial charge in [0.05, 0.1) is 5.71 Å². The fraction of sp³-hybridized carbons (Fsp3) is 0.500. The van der Waals surface area contributed by atoms with Gasteiger partial charge in [-0.1, -0.05) is 17.3 Å². The van der Waals surface area contributed by atoms with E-state index in [4.69, 9.17) is 5.21 Å². The number of benzene rings is 1. The topological polar surface area (TPSA) is 35.8 Å². The molecule has 4 heteroatoms. The van der Waals surface area contributed by atoms with Crippen LogP contribution in [0, 0.1) is 5.82 Å². The molecule has 0 radical (unpaired) electrons. The SMILES string of the molecule is ON=C1CCN2CC(c3ccc(F)cc3)CC2C1. The van der Waals surface area contributed by atoms with Crippen molar-refractivity contribution in [3.8, 4) is 0 Å². The van der Waals surface area contributed by atoms with Gasteiger partial charge in [-0.05, 0) is 30.0 Å². The third-order valence-electron chi connectivity index (χ3n) is 4.17. The molecule has 0 bridgehead atoms. The molecule has 2 atom stereocenters.